The van der Waals surface area contributed by atoms with Gasteiger partial charge in [-0.3, -0.25) is 14.7 Å². The number of hydrogen-bond donors (Lipinski definition) is 1. The molecule has 0 atom stereocenters. The average molecular weight is 405 g/mol. The van der Waals surface area contributed by atoms with Crippen molar-refractivity contribution in [1.29, 1.82) is 0 Å². The Balaban J connectivity index is 0.000000387. The van der Waals surface area contributed by atoms with Crippen LogP contribution in [0.15, 0.2) is 48.5 Å². The van der Waals surface area contributed by atoms with Crippen molar-refractivity contribution in [3.8, 4) is 11.1 Å². The van der Waals surface area contributed by atoms with Gasteiger partial charge >= 0.3 is 15.6 Å². The van der Waals surface area contributed by atoms with Crippen LogP contribution in [0, 0.1) is 10.1 Å². The van der Waals surface area contributed by atoms with Crippen molar-refractivity contribution in [3.63, 3.8) is 0 Å². The first kappa shape index (κ1) is 22.6. The fourth-order valence-electron chi connectivity index (χ4n) is 2.01. The molecule has 1 N–H and O–H groups in total. The fraction of sp³-hybridized carbons (Fsp3) is 0.294. The van der Waals surface area contributed by atoms with Gasteiger partial charge in [0, 0.05) is 6.07 Å². The second-order valence-corrected chi connectivity index (χ2v) is 7.94. The quantitative estimate of drug-likeness (QED) is 0.330. The van der Waals surface area contributed by atoms with Crippen molar-refractivity contribution < 1.29 is 31.1 Å². The van der Waals surface area contributed by atoms with Crippen LogP contribution in [0.1, 0.15) is 26.3 Å². The second kappa shape index (κ2) is 8.05. The highest BCUT2D eigenvalue weighted by atomic mass is 32.2. The Hall–Kier alpha value is -2.46. The van der Waals surface area contributed by atoms with Crippen molar-refractivity contribution in [2.45, 2.75) is 31.7 Å². The summed E-state index contributed by atoms with van der Waals surface area (Å²) in [4.78, 5) is 10.8. The van der Waals surface area contributed by atoms with Gasteiger partial charge in [0.15, 0.2) is 0 Å². The van der Waals surface area contributed by atoms with Crippen LogP contribution in [0.2, 0.25) is 0 Å². The van der Waals surface area contributed by atoms with E-state index in [9.17, 15) is 23.3 Å². The molecular formula is C17H18F3NO5S. The first-order valence-corrected chi connectivity index (χ1v) is 8.96. The van der Waals surface area contributed by atoms with E-state index in [0.717, 1.165) is 11.1 Å². The summed E-state index contributed by atoms with van der Waals surface area (Å²) in [5.41, 5.74) is -2.76. The summed E-state index contributed by atoms with van der Waals surface area (Å²) in [5, 5.41) is 11.2. The molecule has 0 fully saturated rings. The topological polar surface area (TPSA) is 97.5 Å². The Bertz CT molecular complexity index is 904. The number of nitro benzene ring substituents is 1. The van der Waals surface area contributed by atoms with E-state index in [1.54, 1.807) is 6.07 Å². The van der Waals surface area contributed by atoms with Crippen LogP contribution in [0.5, 0.6) is 0 Å². The molecule has 27 heavy (non-hydrogen) atoms. The van der Waals surface area contributed by atoms with E-state index < -0.39 is 15.6 Å². The highest BCUT2D eigenvalue weighted by Gasteiger charge is 2.44. The van der Waals surface area contributed by atoms with Gasteiger partial charge in [0.25, 0.3) is 5.69 Å². The van der Waals surface area contributed by atoms with Crippen LogP contribution in [0.3, 0.4) is 0 Å². The Morgan fingerprint density at radius 3 is 1.85 bits per heavy atom. The minimum absolute atomic E-state index is 0.0291. The molecule has 2 aromatic carbocycles. The zero-order chi connectivity index (χ0) is 21.0. The van der Waals surface area contributed by atoms with Gasteiger partial charge in [-0.15, -0.1) is 0 Å². The average Bonchev–Trinajstić information content (AvgIpc) is 2.53. The maximum Gasteiger partial charge on any atom is 0.522 e. The lowest BCUT2D eigenvalue weighted by Crippen LogP contribution is -2.21. The largest absolute Gasteiger partial charge is 0.522 e. The van der Waals surface area contributed by atoms with Crippen molar-refractivity contribution in [2.75, 3.05) is 0 Å². The lowest BCUT2D eigenvalue weighted by molar-refractivity contribution is -0.384. The number of halogens is 3. The van der Waals surface area contributed by atoms with E-state index in [0.29, 0.717) is 5.56 Å². The number of alkyl halides is 3. The molecule has 10 heteroatoms. The summed E-state index contributed by atoms with van der Waals surface area (Å²) in [7, 11) is -5.84. The van der Waals surface area contributed by atoms with Crippen LogP contribution in [0.25, 0.3) is 11.1 Å². The van der Waals surface area contributed by atoms with Gasteiger partial charge in [0.1, 0.15) is 0 Å². The fourth-order valence-corrected chi connectivity index (χ4v) is 2.01. The highest BCUT2D eigenvalue weighted by molar-refractivity contribution is 7.86. The Morgan fingerprint density at radius 1 is 1.00 bits per heavy atom. The van der Waals surface area contributed by atoms with Gasteiger partial charge in [-0.25, -0.2) is 0 Å². The third-order valence-electron chi connectivity index (χ3n) is 3.44. The zero-order valence-corrected chi connectivity index (χ0v) is 15.5. The molecule has 0 spiro atoms. The van der Waals surface area contributed by atoms with Gasteiger partial charge in [-0.05, 0) is 22.6 Å². The SMILES string of the molecule is CC(C)(C)c1ccc([N+](=O)[O-])c(-c2ccccc2)c1.O=S(=O)(O)C(F)(F)F. The minimum Gasteiger partial charge on any atom is -0.279 e. The van der Waals surface area contributed by atoms with Crippen molar-refractivity contribution >= 4 is 15.8 Å². The lowest BCUT2D eigenvalue weighted by Gasteiger charge is -2.19. The van der Waals surface area contributed by atoms with Gasteiger partial charge in [-0.2, -0.15) is 21.6 Å². The number of nitrogens with zero attached hydrogens (tertiary/aromatic N) is 1. The van der Waals surface area contributed by atoms with Crippen LogP contribution in [-0.2, 0) is 15.5 Å². The van der Waals surface area contributed by atoms with Crippen LogP contribution >= 0.6 is 0 Å². The normalized spacial score (nSPS) is 12.1. The molecule has 0 radical (unpaired) electrons. The van der Waals surface area contributed by atoms with E-state index in [1.807, 2.05) is 42.5 Å². The number of nitro groups is 1. The smallest absolute Gasteiger partial charge is 0.279 e. The minimum atomic E-state index is -5.84. The van der Waals surface area contributed by atoms with Gasteiger partial charge < -0.3 is 0 Å². The first-order valence-electron chi connectivity index (χ1n) is 7.52. The predicted octanol–water partition coefficient (Wildman–Crippen LogP) is 4.95. The first-order chi connectivity index (χ1) is 12.1. The van der Waals surface area contributed by atoms with E-state index in [1.165, 1.54) is 0 Å². The molecular weight excluding hydrogens is 387 g/mol. The van der Waals surface area contributed by atoms with Crippen molar-refractivity contribution in [2.24, 2.45) is 0 Å². The molecule has 148 valence electrons. The maximum atomic E-state index is 11.2. The maximum absolute atomic E-state index is 11.2. The zero-order valence-electron chi connectivity index (χ0n) is 14.7. The summed E-state index contributed by atoms with van der Waals surface area (Å²) in [6.07, 6.45) is 0. The monoisotopic (exact) mass is 405 g/mol. The van der Waals surface area contributed by atoms with Gasteiger partial charge in [0.2, 0.25) is 0 Å². The van der Waals surface area contributed by atoms with E-state index >= 15 is 0 Å². The summed E-state index contributed by atoms with van der Waals surface area (Å²) in [5.74, 6) is 0. The second-order valence-electron chi connectivity index (χ2n) is 6.53. The molecule has 0 saturated carbocycles. The number of rotatable bonds is 2. The molecule has 6 nitrogen and oxygen atoms in total. The molecule has 0 aromatic heterocycles. The predicted molar refractivity (Wildman–Crippen MR) is 94.8 cm³/mol. The lowest BCUT2D eigenvalue weighted by atomic mass is 9.85. The molecule has 0 amide bonds. The Labute approximate surface area is 154 Å². The van der Waals surface area contributed by atoms with Crippen molar-refractivity contribution in [3.05, 3.63) is 64.2 Å². The summed E-state index contributed by atoms with van der Waals surface area (Å²) >= 11 is 0. The van der Waals surface area contributed by atoms with E-state index in [-0.39, 0.29) is 16.0 Å². The number of hydrogen-bond acceptors (Lipinski definition) is 4. The van der Waals surface area contributed by atoms with Crippen molar-refractivity contribution in [1.82, 2.24) is 0 Å². The Kier molecular flexibility index (Phi) is 6.73. The molecule has 0 heterocycles. The Morgan fingerprint density at radius 2 is 1.48 bits per heavy atom. The molecule has 0 aliphatic carbocycles. The van der Waals surface area contributed by atoms with E-state index in [4.69, 9.17) is 13.0 Å². The van der Waals surface area contributed by atoms with Gasteiger partial charge in [0.05, 0.1) is 10.5 Å². The molecule has 0 saturated heterocycles. The molecule has 0 unspecified atom stereocenters. The molecule has 0 aliphatic heterocycles. The summed E-state index contributed by atoms with van der Waals surface area (Å²) in [6, 6.07) is 14.8. The standard InChI is InChI=1S/C16H17NO2.CHF3O3S/c1-16(2,3)13-9-10-15(17(18)19)14(11-13)12-7-5-4-6-8-12;2-1(3,4)8(5,6)7/h4-11H,1-3H3;(H,5,6,7). The molecule has 0 aliphatic rings. The van der Waals surface area contributed by atoms with Crippen LogP contribution < -0.4 is 0 Å². The summed E-state index contributed by atoms with van der Waals surface area (Å²) in [6.45, 7) is 6.30. The molecule has 2 rings (SSSR count). The number of benzene rings is 2. The van der Waals surface area contributed by atoms with Crippen LogP contribution in [-0.4, -0.2) is 23.4 Å². The third kappa shape index (κ3) is 6.33. The molecule has 0 bridgehead atoms. The van der Waals surface area contributed by atoms with Crippen LogP contribution in [0.4, 0.5) is 18.9 Å². The van der Waals surface area contributed by atoms with Gasteiger partial charge in [-0.1, -0.05) is 57.2 Å². The molecule has 2 aromatic rings. The highest BCUT2D eigenvalue weighted by Crippen LogP contribution is 2.34. The summed E-state index contributed by atoms with van der Waals surface area (Å²) < 4.78 is 57.5. The van der Waals surface area contributed by atoms with E-state index in [2.05, 4.69) is 20.8 Å². The third-order valence-corrected chi connectivity index (χ3v) is 4.02.